The highest BCUT2D eigenvalue weighted by Gasteiger charge is 2.15. The number of aryl methyl sites for hydroxylation is 2. The van der Waals surface area contributed by atoms with Crippen molar-refractivity contribution in [2.75, 3.05) is 12.0 Å². The van der Waals surface area contributed by atoms with E-state index in [1.54, 1.807) is 28.9 Å². The average molecular weight is 529 g/mol. The van der Waals surface area contributed by atoms with E-state index >= 15 is 0 Å². The van der Waals surface area contributed by atoms with Crippen molar-refractivity contribution < 1.29 is 14.3 Å². The lowest BCUT2D eigenvalue weighted by Crippen LogP contribution is -2.25. The normalized spacial score (nSPS) is 11.1. The van der Waals surface area contributed by atoms with Crippen molar-refractivity contribution in [1.29, 1.82) is 5.26 Å². The molecule has 0 radical (unpaired) electrons. The molecule has 3 rings (SSSR count). The summed E-state index contributed by atoms with van der Waals surface area (Å²) in [5.41, 5.74) is 6.02. The lowest BCUT2D eigenvalue weighted by Gasteiger charge is -2.15. The van der Waals surface area contributed by atoms with E-state index in [0.29, 0.717) is 39.8 Å². The predicted octanol–water partition coefficient (Wildman–Crippen LogP) is 6.18. The van der Waals surface area contributed by atoms with Gasteiger partial charge in [-0.15, -0.1) is 0 Å². The first kappa shape index (κ1) is 24.4. The van der Waals surface area contributed by atoms with Gasteiger partial charge in [0.05, 0.1) is 11.1 Å². The molecule has 3 aromatic rings. The third-order valence-electron chi connectivity index (χ3n) is 4.79. The summed E-state index contributed by atoms with van der Waals surface area (Å²) in [7, 11) is 0. The van der Waals surface area contributed by atoms with Crippen molar-refractivity contribution in [1.82, 2.24) is 4.68 Å². The van der Waals surface area contributed by atoms with Gasteiger partial charge in [0.2, 0.25) is 0 Å². The van der Waals surface area contributed by atoms with Gasteiger partial charge in [0.1, 0.15) is 18.2 Å². The average Bonchev–Trinajstić information content (AvgIpc) is 3.10. The van der Waals surface area contributed by atoms with Gasteiger partial charge in [-0.05, 0) is 90.3 Å². The van der Waals surface area contributed by atoms with Gasteiger partial charge >= 0.3 is 0 Å². The molecule has 1 amide bonds. The smallest absolute Gasteiger partial charge is 0.280 e. The molecule has 170 valence electrons. The van der Waals surface area contributed by atoms with Gasteiger partial charge in [0.25, 0.3) is 5.91 Å². The number of nitrogens with zero attached hydrogens (tertiary/aromatic N) is 2. The Morgan fingerprint density at radius 2 is 1.82 bits per heavy atom. The van der Waals surface area contributed by atoms with Crippen molar-refractivity contribution >= 4 is 39.5 Å². The third kappa shape index (κ3) is 6.19. The van der Waals surface area contributed by atoms with Gasteiger partial charge < -0.3 is 9.47 Å². The Bertz CT molecular complexity index is 1210. The van der Waals surface area contributed by atoms with Crippen molar-refractivity contribution in [2.24, 2.45) is 0 Å². The van der Waals surface area contributed by atoms with E-state index in [-0.39, 0.29) is 5.57 Å². The number of hydrogen-bond acceptors (Lipinski definition) is 4. The lowest BCUT2D eigenvalue weighted by atomic mass is 10.1. The van der Waals surface area contributed by atoms with Gasteiger partial charge in [-0.25, -0.2) is 0 Å². The Hall–Kier alpha value is -3.21. The zero-order valence-electron chi connectivity index (χ0n) is 18.5. The maximum absolute atomic E-state index is 12.7. The first-order valence-electron chi connectivity index (χ1n) is 10.2. The monoisotopic (exact) mass is 527 g/mol. The summed E-state index contributed by atoms with van der Waals surface area (Å²) in [5.74, 6) is 0.532. The molecule has 0 saturated carbocycles. The Labute approximate surface area is 206 Å². The van der Waals surface area contributed by atoms with Crippen LogP contribution in [0.4, 0.5) is 0 Å². The number of aromatic nitrogens is 1. The number of halogens is 2. The van der Waals surface area contributed by atoms with E-state index in [4.69, 9.17) is 21.1 Å². The minimum Gasteiger partial charge on any atom is -0.490 e. The molecular weight excluding hydrogens is 506 g/mol. The molecular formula is C25H23BrClN3O3. The number of ether oxygens (including phenoxy) is 2. The van der Waals surface area contributed by atoms with Crippen LogP contribution in [-0.2, 0) is 11.4 Å². The molecule has 0 aliphatic carbocycles. The Morgan fingerprint density at radius 1 is 1.15 bits per heavy atom. The maximum atomic E-state index is 12.7. The van der Waals surface area contributed by atoms with Crippen molar-refractivity contribution in [2.45, 2.75) is 27.4 Å². The molecule has 6 nitrogen and oxygen atoms in total. The zero-order chi connectivity index (χ0) is 24.0. The van der Waals surface area contributed by atoms with Crippen LogP contribution in [0.15, 0.2) is 58.6 Å². The summed E-state index contributed by atoms with van der Waals surface area (Å²) in [6, 6.07) is 16.6. The minimum atomic E-state index is -0.503. The fourth-order valence-electron chi connectivity index (χ4n) is 3.13. The molecule has 1 N–H and O–H groups in total. The van der Waals surface area contributed by atoms with Crippen molar-refractivity contribution in [3.05, 3.63) is 86.1 Å². The highest BCUT2D eigenvalue weighted by Crippen LogP contribution is 2.38. The number of carbonyl (C=O) groups excluding carboxylic acids is 1. The van der Waals surface area contributed by atoms with Crippen LogP contribution in [0, 0.1) is 25.2 Å². The molecule has 8 heteroatoms. The van der Waals surface area contributed by atoms with Gasteiger partial charge in [0, 0.05) is 16.4 Å². The molecule has 1 heterocycles. The fraction of sp³-hybridized carbons (Fsp3) is 0.200. The third-order valence-corrected chi connectivity index (χ3v) is 5.63. The van der Waals surface area contributed by atoms with Crippen LogP contribution in [0.3, 0.4) is 0 Å². The first-order valence-corrected chi connectivity index (χ1v) is 11.4. The van der Waals surface area contributed by atoms with Crippen LogP contribution in [0.5, 0.6) is 11.5 Å². The molecule has 33 heavy (non-hydrogen) atoms. The summed E-state index contributed by atoms with van der Waals surface area (Å²) in [6.45, 7) is 6.37. The van der Waals surface area contributed by atoms with E-state index < -0.39 is 5.91 Å². The first-order chi connectivity index (χ1) is 15.8. The van der Waals surface area contributed by atoms with E-state index in [1.807, 2.05) is 51.1 Å². The largest absolute Gasteiger partial charge is 0.490 e. The SMILES string of the molecule is CCOc1cc(/C=C(/C#N)C(=O)Nn2c(C)ccc2C)cc(Br)c1OCc1ccc(Cl)cc1. The van der Waals surface area contributed by atoms with Gasteiger partial charge in [-0.1, -0.05) is 23.7 Å². The molecule has 2 aromatic carbocycles. The molecule has 0 unspecified atom stereocenters. The van der Waals surface area contributed by atoms with Gasteiger partial charge in [-0.2, -0.15) is 5.26 Å². The van der Waals surface area contributed by atoms with Crippen LogP contribution in [0.2, 0.25) is 5.02 Å². The topological polar surface area (TPSA) is 76.3 Å². The number of rotatable bonds is 8. The van der Waals surface area contributed by atoms with Crippen molar-refractivity contribution in [3.8, 4) is 17.6 Å². The Balaban J connectivity index is 1.85. The summed E-state index contributed by atoms with van der Waals surface area (Å²) < 4.78 is 14.0. The molecule has 1 aromatic heterocycles. The van der Waals surface area contributed by atoms with E-state index in [9.17, 15) is 10.1 Å². The van der Waals surface area contributed by atoms with Gasteiger partial charge in [0.15, 0.2) is 11.5 Å². The number of carbonyl (C=O) groups is 1. The fourth-order valence-corrected chi connectivity index (χ4v) is 3.83. The maximum Gasteiger partial charge on any atom is 0.280 e. The quantitative estimate of drug-likeness (QED) is 0.280. The lowest BCUT2D eigenvalue weighted by molar-refractivity contribution is -0.113. The number of hydrogen-bond donors (Lipinski definition) is 1. The van der Waals surface area contributed by atoms with Crippen LogP contribution >= 0.6 is 27.5 Å². The summed E-state index contributed by atoms with van der Waals surface area (Å²) in [6.07, 6.45) is 1.51. The molecule has 0 spiro atoms. The van der Waals surface area contributed by atoms with Crippen LogP contribution < -0.4 is 14.9 Å². The second kappa shape index (κ2) is 11.1. The minimum absolute atomic E-state index is 0.0355. The highest BCUT2D eigenvalue weighted by atomic mass is 79.9. The molecule has 0 fully saturated rings. The summed E-state index contributed by atoms with van der Waals surface area (Å²) in [5, 5.41) is 10.2. The van der Waals surface area contributed by atoms with E-state index in [0.717, 1.165) is 17.0 Å². The van der Waals surface area contributed by atoms with Crippen LogP contribution in [-0.4, -0.2) is 17.2 Å². The second-order valence-electron chi connectivity index (χ2n) is 7.24. The highest BCUT2D eigenvalue weighted by molar-refractivity contribution is 9.10. The molecule has 0 atom stereocenters. The second-order valence-corrected chi connectivity index (χ2v) is 8.53. The number of nitrogens with one attached hydrogen (secondary N) is 1. The molecule has 0 bridgehead atoms. The molecule has 0 aliphatic heterocycles. The summed E-state index contributed by atoms with van der Waals surface area (Å²) in [4.78, 5) is 12.7. The van der Waals surface area contributed by atoms with E-state index in [2.05, 4.69) is 21.4 Å². The predicted molar refractivity (Wildman–Crippen MR) is 133 cm³/mol. The van der Waals surface area contributed by atoms with Crippen molar-refractivity contribution in [3.63, 3.8) is 0 Å². The van der Waals surface area contributed by atoms with E-state index in [1.165, 1.54) is 6.08 Å². The van der Waals surface area contributed by atoms with Gasteiger partial charge in [-0.3, -0.25) is 14.9 Å². The van der Waals surface area contributed by atoms with Crippen LogP contribution in [0.25, 0.3) is 6.08 Å². The number of benzene rings is 2. The Morgan fingerprint density at radius 3 is 2.42 bits per heavy atom. The Kier molecular flexibility index (Phi) is 8.21. The van der Waals surface area contributed by atoms with Crippen LogP contribution in [0.1, 0.15) is 29.4 Å². The molecule has 0 saturated heterocycles. The number of amides is 1. The standard InChI is InChI=1S/C25H23BrClN3O3/c1-4-32-23-13-19(11-20(14-28)25(31)29-30-16(2)5-6-17(30)3)12-22(26)24(23)33-15-18-7-9-21(27)10-8-18/h5-13H,4,15H2,1-3H3,(H,29,31)/b20-11-. The summed E-state index contributed by atoms with van der Waals surface area (Å²) >= 11 is 9.47. The zero-order valence-corrected chi connectivity index (χ0v) is 20.8. The molecule has 0 aliphatic rings. The number of nitriles is 1.